The van der Waals surface area contributed by atoms with E-state index in [1.54, 1.807) is 0 Å². The lowest BCUT2D eigenvalue weighted by Crippen LogP contribution is -2.25. The Balaban J connectivity index is 2.72. The Morgan fingerprint density at radius 1 is 1.33 bits per heavy atom. The van der Waals surface area contributed by atoms with Crippen LogP contribution >= 0.6 is 0 Å². The van der Waals surface area contributed by atoms with Crippen LogP contribution in [-0.4, -0.2) is 36.1 Å². The molecular weight excluding hydrogens is 304 g/mol. The van der Waals surface area contributed by atoms with Crippen LogP contribution in [0.1, 0.15) is 19.3 Å². The number of benzene rings is 1. The van der Waals surface area contributed by atoms with Gasteiger partial charge < -0.3 is 10.2 Å². The third-order valence-electron chi connectivity index (χ3n) is 2.56. The first-order chi connectivity index (χ1) is 9.74. The molecule has 9 nitrogen and oxygen atoms in total. The highest BCUT2D eigenvalue weighted by molar-refractivity contribution is 7.89. The molecule has 3 N–H and O–H groups in total. The molecule has 0 heterocycles. The lowest BCUT2D eigenvalue weighted by atomic mass is 10.2. The average molecular weight is 318 g/mol. The van der Waals surface area contributed by atoms with Crippen molar-refractivity contribution in [2.45, 2.75) is 24.2 Å². The molecule has 0 amide bonds. The van der Waals surface area contributed by atoms with Gasteiger partial charge in [0.05, 0.1) is 9.82 Å². The number of phenols is 1. The van der Waals surface area contributed by atoms with E-state index in [4.69, 9.17) is 5.11 Å². The van der Waals surface area contributed by atoms with Crippen molar-refractivity contribution in [3.05, 3.63) is 28.3 Å². The van der Waals surface area contributed by atoms with Crippen LogP contribution in [-0.2, 0) is 14.8 Å². The van der Waals surface area contributed by atoms with Gasteiger partial charge in [-0.1, -0.05) is 0 Å². The van der Waals surface area contributed by atoms with Crippen LogP contribution in [0.15, 0.2) is 23.1 Å². The fourth-order valence-electron chi connectivity index (χ4n) is 1.51. The largest absolute Gasteiger partial charge is 0.502 e. The zero-order valence-electron chi connectivity index (χ0n) is 10.9. The Bertz CT molecular complexity index is 642. The summed E-state index contributed by atoms with van der Waals surface area (Å²) in [6.45, 7) is 0.0181. The van der Waals surface area contributed by atoms with Crippen LogP contribution in [0.4, 0.5) is 5.69 Å². The first kappa shape index (κ1) is 16.9. The summed E-state index contributed by atoms with van der Waals surface area (Å²) in [6.07, 6.45) is 0.575. The quantitative estimate of drug-likeness (QED) is 0.365. The van der Waals surface area contributed by atoms with Gasteiger partial charge in [-0.25, -0.2) is 13.1 Å². The van der Waals surface area contributed by atoms with E-state index in [2.05, 4.69) is 4.72 Å². The number of aromatic hydroxyl groups is 1. The maximum atomic E-state index is 11.9. The van der Waals surface area contributed by atoms with Gasteiger partial charge in [-0.2, -0.15) is 0 Å². The van der Waals surface area contributed by atoms with Gasteiger partial charge in [-0.15, -0.1) is 0 Å². The van der Waals surface area contributed by atoms with Crippen molar-refractivity contribution >= 4 is 21.7 Å². The Morgan fingerprint density at radius 2 is 2.00 bits per heavy atom. The SMILES string of the molecule is O=C(O)CCCCNS(=O)(=O)c1ccc(O)c([N+](=O)[O-])c1. The minimum atomic E-state index is -3.95. The van der Waals surface area contributed by atoms with Crippen molar-refractivity contribution in [1.29, 1.82) is 0 Å². The molecule has 0 unspecified atom stereocenters. The number of hydrogen-bond donors (Lipinski definition) is 3. The number of unbranched alkanes of at least 4 members (excludes halogenated alkanes) is 1. The van der Waals surface area contributed by atoms with Gasteiger partial charge in [0.15, 0.2) is 5.75 Å². The zero-order valence-corrected chi connectivity index (χ0v) is 11.7. The van der Waals surface area contributed by atoms with E-state index in [1.165, 1.54) is 0 Å². The number of carbonyl (C=O) groups is 1. The fourth-order valence-corrected chi connectivity index (χ4v) is 2.60. The van der Waals surface area contributed by atoms with Crippen molar-refractivity contribution in [2.75, 3.05) is 6.54 Å². The minimum Gasteiger partial charge on any atom is -0.502 e. The van der Waals surface area contributed by atoms with Crippen molar-refractivity contribution in [3.63, 3.8) is 0 Å². The number of nitro benzene ring substituents is 1. The maximum absolute atomic E-state index is 11.9. The monoisotopic (exact) mass is 318 g/mol. The van der Waals surface area contributed by atoms with Crippen molar-refractivity contribution < 1.29 is 28.3 Å². The molecule has 10 heteroatoms. The first-order valence-electron chi connectivity index (χ1n) is 5.93. The summed E-state index contributed by atoms with van der Waals surface area (Å²) >= 11 is 0. The molecule has 0 atom stereocenters. The standard InChI is InChI=1S/C11H14N2O7S/c14-10-5-4-8(7-9(10)13(17)18)21(19,20)12-6-2-1-3-11(15)16/h4-5,7,12,14H,1-3,6H2,(H,15,16). The Hall–Kier alpha value is -2.20. The summed E-state index contributed by atoms with van der Waals surface area (Å²) in [7, 11) is -3.95. The Labute approximate surface area is 120 Å². The summed E-state index contributed by atoms with van der Waals surface area (Å²) in [5.74, 6) is -1.59. The molecule has 0 aromatic heterocycles. The summed E-state index contributed by atoms with van der Waals surface area (Å²) in [6, 6.07) is 2.73. The number of nitrogens with one attached hydrogen (secondary N) is 1. The molecular formula is C11H14N2O7S. The van der Waals surface area contributed by atoms with Crippen molar-refractivity contribution in [3.8, 4) is 5.75 Å². The molecule has 0 radical (unpaired) electrons. The third kappa shape index (κ3) is 5.00. The number of aliphatic carboxylic acids is 1. The highest BCUT2D eigenvalue weighted by Gasteiger charge is 2.20. The van der Waals surface area contributed by atoms with Crippen LogP contribution in [0, 0.1) is 10.1 Å². The predicted molar refractivity (Wildman–Crippen MR) is 71.4 cm³/mol. The number of carboxylic acids is 1. The lowest BCUT2D eigenvalue weighted by molar-refractivity contribution is -0.386. The van der Waals surface area contributed by atoms with Gasteiger partial charge in [0.25, 0.3) is 0 Å². The fraction of sp³-hybridized carbons (Fsp3) is 0.364. The molecule has 0 saturated carbocycles. The molecule has 0 aliphatic rings. The number of hydrogen-bond acceptors (Lipinski definition) is 6. The highest BCUT2D eigenvalue weighted by atomic mass is 32.2. The van der Waals surface area contributed by atoms with Gasteiger partial charge in [0, 0.05) is 19.0 Å². The van der Waals surface area contributed by atoms with Crippen LogP contribution in [0.2, 0.25) is 0 Å². The van der Waals surface area contributed by atoms with E-state index in [1.807, 2.05) is 0 Å². The van der Waals surface area contributed by atoms with Crippen LogP contribution in [0.25, 0.3) is 0 Å². The number of carboxylic acid groups (broad SMARTS) is 1. The molecule has 0 aliphatic carbocycles. The van der Waals surface area contributed by atoms with Gasteiger partial charge in [0.2, 0.25) is 10.0 Å². The minimum absolute atomic E-state index is 0.0181. The number of nitro groups is 1. The molecule has 0 saturated heterocycles. The number of nitrogens with zero attached hydrogens (tertiary/aromatic N) is 1. The summed E-state index contributed by atoms with van der Waals surface area (Å²) in [4.78, 5) is 19.7. The molecule has 0 fully saturated rings. The molecule has 1 rings (SSSR count). The van der Waals surface area contributed by atoms with E-state index in [0.29, 0.717) is 12.8 Å². The second-order valence-corrected chi connectivity index (χ2v) is 5.92. The van der Waals surface area contributed by atoms with Gasteiger partial charge >= 0.3 is 11.7 Å². The molecule has 0 bridgehead atoms. The Kier molecular flexibility index (Phi) is 5.61. The number of sulfonamides is 1. The predicted octanol–water partition coefficient (Wildman–Crippen LogP) is 0.834. The smallest absolute Gasteiger partial charge is 0.312 e. The van der Waals surface area contributed by atoms with E-state index in [9.17, 15) is 28.4 Å². The highest BCUT2D eigenvalue weighted by Crippen LogP contribution is 2.28. The molecule has 0 spiro atoms. The second-order valence-electron chi connectivity index (χ2n) is 4.16. The van der Waals surface area contributed by atoms with Gasteiger partial charge in [0.1, 0.15) is 0 Å². The third-order valence-corrected chi connectivity index (χ3v) is 4.02. The summed E-state index contributed by atoms with van der Waals surface area (Å²) in [5.41, 5.74) is -0.705. The lowest BCUT2D eigenvalue weighted by Gasteiger charge is -2.06. The van der Waals surface area contributed by atoms with E-state index in [0.717, 1.165) is 18.2 Å². The molecule has 21 heavy (non-hydrogen) atoms. The Morgan fingerprint density at radius 3 is 2.57 bits per heavy atom. The van der Waals surface area contributed by atoms with Gasteiger partial charge in [-0.05, 0) is 25.0 Å². The number of phenolic OH excluding ortho intramolecular Hbond substituents is 1. The van der Waals surface area contributed by atoms with Crippen LogP contribution < -0.4 is 4.72 Å². The molecule has 116 valence electrons. The zero-order chi connectivity index (χ0) is 16.0. The molecule has 1 aromatic rings. The second kappa shape index (κ2) is 6.99. The van der Waals surface area contributed by atoms with Crippen molar-refractivity contribution in [2.24, 2.45) is 0 Å². The summed E-state index contributed by atoms with van der Waals surface area (Å²) < 4.78 is 26.0. The van der Waals surface area contributed by atoms with Crippen LogP contribution in [0.5, 0.6) is 5.75 Å². The number of rotatable bonds is 8. The molecule has 1 aromatic carbocycles. The topological polar surface area (TPSA) is 147 Å². The molecule has 0 aliphatic heterocycles. The van der Waals surface area contributed by atoms with Crippen molar-refractivity contribution in [1.82, 2.24) is 4.72 Å². The van der Waals surface area contributed by atoms with Crippen LogP contribution in [0.3, 0.4) is 0 Å². The first-order valence-corrected chi connectivity index (χ1v) is 7.41. The van der Waals surface area contributed by atoms with E-state index in [-0.39, 0.29) is 17.9 Å². The average Bonchev–Trinajstić information content (AvgIpc) is 2.37. The van der Waals surface area contributed by atoms with E-state index >= 15 is 0 Å². The summed E-state index contributed by atoms with van der Waals surface area (Å²) in [5, 5.41) is 28.3. The normalized spacial score (nSPS) is 11.2. The maximum Gasteiger partial charge on any atom is 0.312 e. The van der Waals surface area contributed by atoms with Gasteiger partial charge in [-0.3, -0.25) is 14.9 Å². The van der Waals surface area contributed by atoms with E-state index < -0.39 is 32.4 Å².